The number of hydrogen-bond acceptors (Lipinski definition) is 6. The SMILES string of the molecule is Cc1c(F)c(OC(=O)CCOCCOCCO)c(F)c(F)c1S. The number of halogens is 3. The Bertz CT molecular complexity index is 525. The zero-order valence-corrected chi connectivity index (χ0v) is 13.3. The van der Waals surface area contributed by atoms with Crippen molar-refractivity contribution < 1.29 is 37.3 Å². The quantitative estimate of drug-likeness (QED) is 0.234. The van der Waals surface area contributed by atoms with E-state index in [0.717, 1.165) is 0 Å². The molecule has 0 aliphatic heterocycles. The highest BCUT2D eigenvalue weighted by atomic mass is 32.1. The van der Waals surface area contributed by atoms with Gasteiger partial charge in [-0.1, -0.05) is 0 Å². The molecule has 130 valence electrons. The molecule has 1 aromatic rings. The lowest BCUT2D eigenvalue weighted by Crippen LogP contribution is -2.15. The first-order chi connectivity index (χ1) is 10.9. The Morgan fingerprint density at radius 3 is 2.26 bits per heavy atom. The second kappa shape index (κ2) is 9.76. The van der Waals surface area contributed by atoms with Crippen molar-refractivity contribution in [3.63, 3.8) is 0 Å². The molecule has 0 spiro atoms. The van der Waals surface area contributed by atoms with Crippen LogP contribution in [0.5, 0.6) is 5.75 Å². The van der Waals surface area contributed by atoms with Crippen LogP contribution in [0.1, 0.15) is 12.0 Å². The minimum atomic E-state index is -1.61. The maximum atomic E-state index is 13.8. The largest absolute Gasteiger partial charge is 0.420 e. The summed E-state index contributed by atoms with van der Waals surface area (Å²) in [6.45, 7) is 1.61. The van der Waals surface area contributed by atoms with Gasteiger partial charge in [-0.3, -0.25) is 4.79 Å². The van der Waals surface area contributed by atoms with E-state index in [-0.39, 0.29) is 45.0 Å². The fourth-order valence-corrected chi connectivity index (χ4v) is 1.73. The Kier molecular flexibility index (Phi) is 8.38. The summed E-state index contributed by atoms with van der Waals surface area (Å²) in [5.74, 6) is -6.23. The van der Waals surface area contributed by atoms with E-state index in [1.54, 1.807) is 0 Å². The van der Waals surface area contributed by atoms with Crippen LogP contribution in [-0.4, -0.2) is 44.1 Å². The van der Waals surface area contributed by atoms with E-state index in [9.17, 15) is 18.0 Å². The summed E-state index contributed by atoms with van der Waals surface area (Å²) in [6, 6.07) is 0. The second-order valence-corrected chi connectivity index (χ2v) is 4.86. The van der Waals surface area contributed by atoms with Crippen LogP contribution < -0.4 is 4.74 Å². The average Bonchev–Trinajstić information content (AvgIpc) is 2.54. The van der Waals surface area contributed by atoms with Crippen LogP contribution in [0, 0.1) is 24.4 Å². The van der Waals surface area contributed by atoms with Crippen LogP contribution in [0.15, 0.2) is 4.90 Å². The highest BCUT2D eigenvalue weighted by molar-refractivity contribution is 7.80. The van der Waals surface area contributed by atoms with Gasteiger partial charge in [0.2, 0.25) is 11.6 Å². The highest BCUT2D eigenvalue weighted by Crippen LogP contribution is 2.32. The smallest absolute Gasteiger partial charge is 0.313 e. The van der Waals surface area contributed by atoms with Crippen molar-refractivity contribution in [3.05, 3.63) is 23.0 Å². The van der Waals surface area contributed by atoms with E-state index >= 15 is 0 Å². The van der Waals surface area contributed by atoms with Gasteiger partial charge in [0.15, 0.2) is 11.6 Å². The Labute approximate surface area is 136 Å². The van der Waals surface area contributed by atoms with Gasteiger partial charge < -0.3 is 19.3 Å². The fraction of sp³-hybridized carbons (Fsp3) is 0.500. The number of rotatable bonds is 9. The zero-order chi connectivity index (χ0) is 17.4. The molecule has 23 heavy (non-hydrogen) atoms. The number of ether oxygens (including phenoxy) is 3. The molecule has 0 saturated heterocycles. The number of carbonyl (C=O) groups is 1. The number of carbonyl (C=O) groups excluding carboxylic acids is 1. The van der Waals surface area contributed by atoms with Crippen LogP contribution >= 0.6 is 12.6 Å². The molecule has 0 aliphatic carbocycles. The molecule has 0 fully saturated rings. The third kappa shape index (κ3) is 5.69. The summed E-state index contributed by atoms with van der Waals surface area (Å²) in [7, 11) is 0. The molecule has 0 amide bonds. The summed E-state index contributed by atoms with van der Waals surface area (Å²) in [5.41, 5.74) is -0.257. The molecule has 1 aromatic carbocycles. The monoisotopic (exact) mass is 354 g/mol. The summed E-state index contributed by atoms with van der Waals surface area (Å²) in [6.07, 6.45) is -0.276. The van der Waals surface area contributed by atoms with Gasteiger partial charge in [0.1, 0.15) is 0 Å². The highest BCUT2D eigenvalue weighted by Gasteiger charge is 2.24. The van der Waals surface area contributed by atoms with Crippen molar-refractivity contribution in [1.82, 2.24) is 0 Å². The molecule has 0 aliphatic rings. The van der Waals surface area contributed by atoms with Crippen molar-refractivity contribution in [2.24, 2.45) is 0 Å². The molecule has 0 unspecified atom stereocenters. The van der Waals surface area contributed by atoms with E-state index in [0.29, 0.717) is 0 Å². The van der Waals surface area contributed by atoms with Crippen LogP contribution in [0.3, 0.4) is 0 Å². The molecule has 0 saturated carbocycles. The standard InChI is InChI=1S/C14H17F3O5S/c1-8-10(15)13(11(16)12(17)14(8)23)22-9(19)2-4-20-6-7-21-5-3-18/h18,23H,2-7H2,1H3. The maximum absolute atomic E-state index is 13.8. The molecule has 0 aromatic heterocycles. The summed E-state index contributed by atoms with van der Waals surface area (Å²) < 4.78 is 55.4. The number of aliphatic hydroxyl groups is 1. The Hall–Kier alpha value is -1.29. The zero-order valence-electron chi connectivity index (χ0n) is 12.4. The normalized spacial score (nSPS) is 10.9. The first-order valence-corrected chi connectivity index (χ1v) is 7.17. The van der Waals surface area contributed by atoms with Gasteiger partial charge in [-0.2, -0.15) is 4.39 Å². The predicted molar refractivity (Wildman–Crippen MR) is 77.3 cm³/mol. The van der Waals surface area contributed by atoms with Crippen molar-refractivity contribution in [2.45, 2.75) is 18.2 Å². The Balaban J connectivity index is 2.49. The van der Waals surface area contributed by atoms with Crippen LogP contribution in [0.2, 0.25) is 0 Å². The van der Waals surface area contributed by atoms with Gasteiger partial charge in [0, 0.05) is 10.5 Å². The molecular weight excluding hydrogens is 337 g/mol. The fourth-order valence-electron chi connectivity index (χ4n) is 1.54. The third-order valence-electron chi connectivity index (χ3n) is 2.76. The van der Waals surface area contributed by atoms with Gasteiger partial charge in [-0.25, -0.2) is 8.78 Å². The average molecular weight is 354 g/mol. The second-order valence-electron chi connectivity index (χ2n) is 4.42. The molecule has 0 bridgehead atoms. The Morgan fingerprint density at radius 1 is 1.04 bits per heavy atom. The van der Waals surface area contributed by atoms with Gasteiger partial charge in [0.05, 0.1) is 39.5 Å². The van der Waals surface area contributed by atoms with Gasteiger partial charge in [-0.05, 0) is 6.92 Å². The molecule has 0 radical (unpaired) electrons. The van der Waals surface area contributed by atoms with E-state index in [4.69, 9.17) is 14.6 Å². The summed E-state index contributed by atoms with van der Waals surface area (Å²) >= 11 is 3.65. The number of thiol groups is 1. The molecule has 1 N–H and O–H groups in total. The van der Waals surface area contributed by atoms with Crippen molar-refractivity contribution >= 4 is 18.6 Å². The first kappa shape index (κ1) is 19.8. The minimum Gasteiger partial charge on any atom is -0.420 e. The third-order valence-corrected chi connectivity index (χ3v) is 3.29. The van der Waals surface area contributed by atoms with Crippen LogP contribution in [0.25, 0.3) is 0 Å². The lowest BCUT2D eigenvalue weighted by molar-refractivity contribution is -0.136. The Morgan fingerprint density at radius 2 is 1.65 bits per heavy atom. The number of esters is 1. The van der Waals surface area contributed by atoms with E-state index in [1.165, 1.54) is 6.92 Å². The minimum absolute atomic E-state index is 0.0589. The predicted octanol–water partition coefficient (Wildman–Crippen LogP) is 2.02. The van der Waals surface area contributed by atoms with Gasteiger partial charge in [-0.15, -0.1) is 12.6 Å². The molecular formula is C14H17F3O5S. The van der Waals surface area contributed by atoms with Crippen molar-refractivity contribution in [3.8, 4) is 5.75 Å². The molecule has 9 heteroatoms. The van der Waals surface area contributed by atoms with Crippen LogP contribution in [0.4, 0.5) is 13.2 Å². The molecule has 0 atom stereocenters. The summed E-state index contributed by atoms with van der Waals surface area (Å²) in [5, 5.41) is 8.46. The first-order valence-electron chi connectivity index (χ1n) is 6.73. The van der Waals surface area contributed by atoms with Crippen LogP contribution in [-0.2, 0) is 14.3 Å². The molecule has 0 heterocycles. The lowest BCUT2D eigenvalue weighted by Gasteiger charge is -2.11. The maximum Gasteiger partial charge on any atom is 0.313 e. The van der Waals surface area contributed by atoms with Gasteiger partial charge in [0.25, 0.3) is 0 Å². The van der Waals surface area contributed by atoms with Gasteiger partial charge >= 0.3 is 5.97 Å². The lowest BCUT2D eigenvalue weighted by atomic mass is 10.2. The van der Waals surface area contributed by atoms with E-state index in [1.807, 2.05) is 0 Å². The molecule has 5 nitrogen and oxygen atoms in total. The van der Waals surface area contributed by atoms with Crippen molar-refractivity contribution in [1.29, 1.82) is 0 Å². The molecule has 1 rings (SSSR count). The number of aliphatic hydroxyl groups excluding tert-OH is 1. The summed E-state index contributed by atoms with van der Waals surface area (Å²) in [4.78, 5) is 11.0. The van der Waals surface area contributed by atoms with E-state index in [2.05, 4.69) is 17.4 Å². The topological polar surface area (TPSA) is 65.0 Å². The van der Waals surface area contributed by atoms with E-state index < -0.39 is 34.1 Å². The number of hydrogen-bond donors (Lipinski definition) is 2. The number of benzene rings is 1. The van der Waals surface area contributed by atoms with Crippen molar-refractivity contribution in [2.75, 3.05) is 33.0 Å².